The van der Waals surface area contributed by atoms with Crippen molar-refractivity contribution in [3.05, 3.63) is 35.9 Å². The highest BCUT2D eigenvalue weighted by molar-refractivity contribution is 6.73. The van der Waals surface area contributed by atoms with Gasteiger partial charge < -0.3 is 28.6 Å². The number of cyclic esters (lactones) is 1. The summed E-state index contributed by atoms with van der Waals surface area (Å²) in [5.74, 6) is -1.39. The van der Waals surface area contributed by atoms with E-state index in [0.717, 1.165) is 29.4 Å². The normalized spacial score (nSPS) is 40.7. The average molecular weight is 618 g/mol. The van der Waals surface area contributed by atoms with Crippen molar-refractivity contribution in [2.24, 2.45) is 28.8 Å². The van der Waals surface area contributed by atoms with Gasteiger partial charge in [0.1, 0.15) is 11.7 Å². The molecule has 2 saturated heterocycles. The van der Waals surface area contributed by atoms with Crippen molar-refractivity contribution < 1.29 is 33.4 Å². The van der Waals surface area contributed by atoms with Gasteiger partial charge in [-0.15, -0.1) is 0 Å². The summed E-state index contributed by atoms with van der Waals surface area (Å²) in [5.41, 5.74) is -0.361. The first-order chi connectivity index (χ1) is 20.3. The molecular formula is C34H55NO7Si. The van der Waals surface area contributed by atoms with Gasteiger partial charge in [-0.3, -0.25) is 4.79 Å². The van der Waals surface area contributed by atoms with Gasteiger partial charge in [0.2, 0.25) is 0 Å². The predicted octanol–water partition coefficient (Wildman–Crippen LogP) is 7.03. The summed E-state index contributed by atoms with van der Waals surface area (Å²) in [4.78, 5) is 19.8. The Bertz CT molecular complexity index is 1120. The number of aliphatic hydroxyl groups is 1. The lowest BCUT2D eigenvalue weighted by atomic mass is 9.73. The number of nitrogens with zero attached hydrogens (tertiary/aromatic N) is 1. The monoisotopic (exact) mass is 617 g/mol. The molecule has 2 fully saturated rings. The summed E-state index contributed by atoms with van der Waals surface area (Å²) in [5, 5.41) is 16.4. The molecule has 0 unspecified atom stereocenters. The van der Waals surface area contributed by atoms with Crippen LogP contribution in [0.2, 0.25) is 18.1 Å². The molecule has 3 aliphatic heterocycles. The molecule has 9 heteroatoms. The van der Waals surface area contributed by atoms with Crippen molar-refractivity contribution in [1.82, 2.24) is 0 Å². The summed E-state index contributed by atoms with van der Waals surface area (Å²) in [6, 6.07) is 12.9. The molecule has 1 aromatic carbocycles. The lowest BCUT2D eigenvalue weighted by Gasteiger charge is -2.53. The first kappa shape index (κ1) is 34.1. The second-order valence-corrected chi connectivity index (χ2v) is 18.4. The molecule has 3 heterocycles. The smallest absolute Gasteiger partial charge is 0.311 e. The quantitative estimate of drug-likeness (QED) is 0.259. The van der Waals surface area contributed by atoms with Crippen molar-refractivity contribution in [3.8, 4) is 0 Å². The third kappa shape index (κ3) is 6.48. The Morgan fingerprint density at radius 1 is 0.953 bits per heavy atom. The van der Waals surface area contributed by atoms with E-state index in [1.165, 1.54) is 0 Å². The Labute approximate surface area is 260 Å². The van der Waals surface area contributed by atoms with Crippen LogP contribution in [-0.4, -0.2) is 60.7 Å². The van der Waals surface area contributed by atoms with Crippen LogP contribution in [0.5, 0.6) is 0 Å². The first-order valence-corrected chi connectivity index (χ1v) is 19.0. The standard InChI is InChI=1S/C34H55NO7Si/c1-11-26-34(10,37)30-22(6)27(35-41-30)21(5)20-33(9,42-43(12-2,13-3)14-4)29-23(7)28(24(8)31(36)38-26)39-32(40-29)25-18-16-15-17-19-25/h15-19,21-24,26,28-30,32,37H,11-14,20H2,1-10H3/t21-,22+,23+,24+,26+,28+,29-,30-,32-,33-,34-/m1/s1. The van der Waals surface area contributed by atoms with Crippen molar-refractivity contribution in [3.63, 3.8) is 0 Å². The van der Waals surface area contributed by atoms with Crippen molar-refractivity contribution in [2.75, 3.05) is 0 Å². The van der Waals surface area contributed by atoms with Gasteiger partial charge in [0.15, 0.2) is 20.7 Å². The average Bonchev–Trinajstić information content (AvgIpc) is 3.40. The Hall–Kier alpha value is -1.78. The molecule has 0 amide bonds. The van der Waals surface area contributed by atoms with Gasteiger partial charge in [-0.25, -0.2) is 0 Å². The summed E-state index contributed by atoms with van der Waals surface area (Å²) >= 11 is 0. The second kappa shape index (κ2) is 13.3. The number of ether oxygens (including phenoxy) is 3. The lowest BCUT2D eigenvalue weighted by molar-refractivity contribution is -0.309. The molecule has 0 saturated carbocycles. The number of hydrogen-bond donors (Lipinski definition) is 1. The molecule has 8 nitrogen and oxygen atoms in total. The molecule has 3 aliphatic rings. The summed E-state index contributed by atoms with van der Waals surface area (Å²) < 4.78 is 27.1. The highest BCUT2D eigenvalue weighted by Gasteiger charge is 2.56. The van der Waals surface area contributed by atoms with Gasteiger partial charge in [-0.1, -0.05) is 84.0 Å². The van der Waals surface area contributed by atoms with E-state index in [0.29, 0.717) is 12.8 Å². The molecule has 242 valence electrons. The molecule has 0 radical (unpaired) electrons. The fourth-order valence-corrected chi connectivity index (χ4v) is 11.1. The van der Waals surface area contributed by atoms with E-state index in [-0.39, 0.29) is 23.9 Å². The van der Waals surface area contributed by atoms with Crippen molar-refractivity contribution >= 4 is 20.0 Å². The Morgan fingerprint density at radius 2 is 1.58 bits per heavy atom. The summed E-state index contributed by atoms with van der Waals surface area (Å²) in [6.45, 7) is 20.7. The van der Waals surface area contributed by atoms with Crippen LogP contribution in [0, 0.1) is 23.7 Å². The molecule has 4 bridgehead atoms. The molecule has 1 aromatic rings. The third-order valence-electron chi connectivity index (χ3n) is 10.7. The Morgan fingerprint density at radius 3 is 2.16 bits per heavy atom. The molecular weight excluding hydrogens is 562 g/mol. The number of carbonyl (C=O) groups is 1. The highest BCUT2D eigenvalue weighted by Crippen LogP contribution is 2.47. The van der Waals surface area contributed by atoms with Crippen LogP contribution in [0.4, 0.5) is 0 Å². The minimum atomic E-state index is -2.13. The van der Waals surface area contributed by atoms with Crippen molar-refractivity contribution in [2.45, 2.75) is 142 Å². The summed E-state index contributed by atoms with van der Waals surface area (Å²) in [7, 11) is -2.13. The molecule has 0 spiro atoms. The maximum absolute atomic E-state index is 13.8. The number of hydrogen-bond acceptors (Lipinski definition) is 8. The minimum absolute atomic E-state index is 0.00618. The van der Waals surface area contributed by atoms with Gasteiger partial charge in [0, 0.05) is 23.3 Å². The van der Waals surface area contributed by atoms with E-state index < -0.39 is 56.0 Å². The van der Waals surface area contributed by atoms with E-state index in [2.05, 4.69) is 46.7 Å². The Balaban J connectivity index is 1.87. The summed E-state index contributed by atoms with van der Waals surface area (Å²) in [6.07, 6.45) is -1.85. The van der Waals surface area contributed by atoms with E-state index >= 15 is 0 Å². The van der Waals surface area contributed by atoms with Gasteiger partial charge in [0.25, 0.3) is 0 Å². The zero-order valence-electron chi connectivity index (χ0n) is 28.0. The topological polar surface area (TPSA) is 95.8 Å². The largest absolute Gasteiger partial charge is 0.459 e. The van der Waals surface area contributed by atoms with E-state index in [1.54, 1.807) is 6.92 Å². The van der Waals surface area contributed by atoms with Crippen LogP contribution in [0.3, 0.4) is 0 Å². The van der Waals surface area contributed by atoms with Gasteiger partial charge in [-0.05, 0) is 51.7 Å². The van der Waals surface area contributed by atoms with Gasteiger partial charge >= 0.3 is 5.97 Å². The van der Waals surface area contributed by atoms with Crippen LogP contribution >= 0.6 is 0 Å². The number of fused-ring (bicyclic) bond motifs is 4. The highest BCUT2D eigenvalue weighted by atomic mass is 28.4. The predicted molar refractivity (Wildman–Crippen MR) is 170 cm³/mol. The SMILES string of the molecule is CC[C@@H]1OC(=O)[C@@H](C)[C@H]2O[C@@H](c3ccccc3)O[C@H]([C@H]2C)[C@](C)(O[Si](CC)(CC)CC)C[C@@H](C)C2=NO[C@H]([C@H]2C)[C@]1(C)O. The number of carbonyl (C=O) groups excluding carboxylic acids is 1. The third-order valence-corrected chi connectivity index (χ3v) is 15.5. The number of esters is 1. The van der Waals surface area contributed by atoms with Gasteiger partial charge in [0.05, 0.1) is 29.4 Å². The number of oxime groups is 1. The lowest BCUT2D eigenvalue weighted by Crippen LogP contribution is -2.61. The minimum Gasteiger partial charge on any atom is -0.459 e. The van der Waals surface area contributed by atoms with Crippen LogP contribution in [0.15, 0.2) is 35.5 Å². The van der Waals surface area contributed by atoms with Crippen LogP contribution < -0.4 is 0 Å². The second-order valence-electron chi connectivity index (χ2n) is 13.7. The fourth-order valence-electron chi connectivity index (χ4n) is 7.94. The van der Waals surface area contributed by atoms with E-state index in [4.69, 9.17) is 23.5 Å². The molecule has 0 aliphatic carbocycles. The van der Waals surface area contributed by atoms with Crippen molar-refractivity contribution in [1.29, 1.82) is 0 Å². The zero-order valence-corrected chi connectivity index (χ0v) is 29.0. The number of rotatable bonds is 7. The zero-order chi connectivity index (χ0) is 31.7. The molecule has 4 rings (SSSR count). The molecule has 43 heavy (non-hydrogen) atoms. The van der Waals surface area contributed by atoms with Gasteiger partial charge in [-0.2, -0.15) is 0 Å². The fraction of sp³-hybridized carbons (Fsp3) is 0.765. The molecule has 1 N–H and O–H groups in total. The van der Waals surface area contributed by atoms with Crippen LogP contribution in [0.1, 0.15) is 93.9 Å². The Kier molecular flexibility index (Phi) is 10.5. The maximum atomic E-state index is 13.8. The van der Waals surface area contributed by atoms with E-state index in [9.17, 15) is 9.90 Å². The molecule has 11 atom stereocenters. The van der Waals surface area contributed by atoms with E-state index in [1.807, 2.05) is 51.1 Å². The van der Waals surface area contributed by atoms with Crippen LogP contribution in [0.25, 0.3) is 0 Å². The maximum Gasteiger partial charge on any atom is 0.311 e. The number of benzene rings is 1. The van der Waals surface area contributed by atoms with Crippen LogP contribution in [-0.2, 0) is 28.3 Å². The first-order valence-electron chi connectivity index (χ1n) is 16.5. The molecule has 0 aromatic heterocycles.